The fraction of sp³-hybridized carbons (Fsp3) is 0.188. The number of carbonyl (C=O) groups is 1. The molecule has 6 heteroatoms. The van der Waals surface area contributed by atoms with E-state index in [2.05, 4.69) is 5.32 Å². The Labute approximate surface area is 131 Å². The maximum absolute atomic E-state index is 13.1. The standard InChI is InChI=1S/C16H14FNO3S/c17-12-5-3-11(4-6-12)15(14-2-1-9-22-14)18-16(19)13-10-20-7-8-21-13/h1-6,9-10,15H,7-8H2,(H,18,19). The van der Waals surface area contributed by atoms with Gasteiger partial charge in [0.2, 0.25) is 5.76 Å². The van der Waals surface area contributed by atoms with Gasteiger partial charge in [0.1, 0.15) is 25.3 Å². The molecule has 0 saturated carbocycles. The Morgan fingerprint density at radius 3 is 2.68 bits per heavy atom. The summed E-state index contributed by atoms with van der Waals surface area (Å²) in [4.78, 5) is 13.2. The van der Waals surface area contributed by atoms with E-state index < -0.39 is 0 Å². The van der Waals surface area contributed by atoms with Crippen LogP contribution in [0.25, 0.3) is 0 Å². The van der Waals surface area contributed by atoms with Crippen molar-refractivity contribution < 1.29 is 18.7 Å². The van der Waals surface area contributed by atoms with E-state index in [1.165, 1.54) is 29.7 Å². The summed E-state index contributed by atoms with van der Waals surface area (Å²) in [7, 11) is 0. The Morgan fingerprint density at radius 2 is 2.05 bits per heavy atom. The topological polar surface area (TPSA) is 47.6 Å². The molecular formula is C16H14FNO3S. The van der Waals surface area contributed by atoms with E-state index in [4.69, 9.17) is 9.47 Å². The molecule has 2 aromatic rings. The van der Waals surface area contributed by atoms with Gasteiger partial charge in [-0.05, 0) is 29.1 Å². The zero-order valence-corrected chi connectivity index (χ0v) is 12.4. The highest BCUT2D eigenvalue weighted by atomic mass is 32.1. The summed E-state index contributed by atoms with van der Waals surface area (Å²) < 4.78 is 23.5. The molecule has 3 rings (SSSR count). The Balaban J connectivity index is 1.84. The van der Waals surface area contributed by atoms with E-state index in [-0.39, 0.29) is 23.5 Å². The van der Waals surface area contributed by atoms with Crippen LogP contribution < -0.4 is 5.32 Å². The first-order valence-electron chi connectivity index (χ1n) is 6.78. The molecule has 1 aromatic carbocycles. The van der Waals surface area contributed by atoms with Gasteiger partial charge < -0.3 is 14.8 Å². The molecule has 22 heavy (non-hydrogen) atoms. The second-order valence-electron chi connectivity index (χ2n) is 4.67. The number of thiophene rings is 1. The summed E-state index contributed by atoms with van der Waals surface area (Å²) in [5.41, 5.74) is 0.800. The van der Waals surface area contributed by atoms with E-state index in [0.29, 0.717) is 13.2 Å². The van der Waals surface area contributed by atoms with E-state index in [0.717, 1.165) is 10.4 Å². The summed E-state index contributed by atoms with van der Waals surface area (Å²) in [5.74, 6) is -0.524. The van der Waals surface area contributed by atoms with Crippen LogP contribution in [0.1, 0.15) is 16.5 Å². The molecule has 0 saturated heterocycles. The number of nitrogens with one attached hydrogen (secondary N) is 1. The van der Waals surface area contributed by atoms with Gasteiger partial charge in [0.05, 0.1) is 6.04 Å². The number of ether oxygens (including phenoxy) is 2. The minimum Gasteiger partial charge on any atom is -0.494 e. The summed E-state index contributed by atoms with van der Waals surface area (Å²) >= 11 is 1.52. The number of amides is 1. The van der Waals surface area contributed by atoms with Crippen LogP contribution in [0.5, 0.6) is 0 Å². The molecule has 0 aliphatic carbocycles. The lowest BCUT2D eigenvalue weighted by Crippen LogP contribution is -2.32. The van der Waals surface area contributed by atoms with Crippen molar-refractivity contribution in [3.8, 4) is 0 Å². The van der Waals surface area contributed by atoms with Gasteiger partial charge in [-0.3, -0.25) is 4.79 Å². The highest BCUT2D eigenvalue weighted by Gasteiger charge is 2.22. The lowest BCUT2D eigenvalue weighted by atomic mass is 10.1. The normalized spacial score (nSPS) is 15.2. The largest absolute Gasteiger partial charge is 0.494 e. The Hall–Kier alpha value is -2.34. The van der Waals surface area contributed by atoms with Gasteiger partial charge in [-0.25, -0.2) is 4.39 Å². The average molecular weight is 319 g/mol. The van der Waals surface area contributed by atoms with Crippen molar-refractivity contribution in [1.82, 2.24) is 5.32 Å². The zero-order chi connectivity index (χ0) is 15.4. The molecule has 4 nitrogen and oxygen atoms in total. The van der Waals surface area contributed by atoms with E-state index in [1.54, 1.807) is 12.1 Å². The monoisotopic (exact) mass is 319 g/mol. The van der Waals surface area contributed by atoms with Crippen LogP contribution in [-0.4, -0.2) is 19.1 Å². The number of hydrogen-bond acceptors (Lipinski definition) is 4. The van der Waals surface area contributed by atoms with Crippen LogP contribution >= 0.6 is 11.3 Å². The summed E-state index contributed by atoms with van der Waals surface area (Å²) in [6.07, 6.45) is 1.31. The van der Waals surface area contributed by atoms with Crippen molar-refractivity contribution in [2.45, 2.75) is 6.04 Å². The molecule has 1 aromatic heterocycles. The maximum Gasteiger partial charge on any atom is 0.290 e. The molecule has 1 amide bonds. The van der Waals surface area contributed by atoms with Gasteiger partial charge in [-0.2, -0.15) is 0 Å². The van der Waals surface area contributed by atoms with Crippen molar-refractivity contribution in [3.63, 3.8) is 0 Å². The molecule has 1 atom stereocenters. The molecule has 0 radical (unpaired) electrons. The zero-order valence-electron chi connectivity index (χ0n) is 11.6. The highest BCUT2D eigenvalue weighted by molar-refractivity contribution is 7.10. The molecule has 0 spiro atoms. The first-order valence-corrected chi connectivity index (χ1v) is 7.66. The van der Waals surface area contributed by atoms with Crippen molar-refractivity contribution in [1.29, 1.82) is 0 Å². The van der Waals surface area contributed by atoms with Crippen LogP contribution in [0, 0.1) is 5.82 Å². The van der Waals surface area contributed by atoms with Crippen molar-refractivity contribution in [2.24, 2.45) is 0 Å². The summed E-state index contributed by atoms with van der Waals surface area (Å²) in [6, 6.07) is 9.54. The lowest BCUT2D eigenvalue weighted by Gasteiger charge is -2.20. The average Bonchev–Trinajstić information content (AvgIpc) is 3.08. The van der Waals surface area contributed by atoms with Gasteiger partial charge >= 0.3 is 0 Å². The minimum atomic E-state index is -0.362. The fourth-order valence-electron chi connectivity index (χ4n) is 2.12. The van der Waals surface area contributed by atoms with Crippen LogP contribution in [0.15, 0.2) is 53.8 Å². The summed E-state index contributed by atoms with van der Waals surface area (Å²) in [5, 5.41) is 4.83. The van der Waals surface area contributed by atoms with Gasteiger partial charge in [-0.1, -0.05) is 18.2 Å². The predicted octanol–water partition coefficient (Wildman–Crippen LogP) is 2.98. The Kier molecular flexibility index (Phi) is 4.39. The number of halogens is 1. The SMILES string of the molecule is O=C(NC(c1ccc(F)cc1)c1cccs1)C1=COCCO1. The molecular weight excluding hydrogens is 305 g/mol. The predicted molar refractivity (Wildman–Crippen MR) is 80.7 cm³/mol. The molecule has 1 aliphatic heterocycles. The smallest absolute Gasteiger partial charge is 0.290 e. The van der Waals surface area contributed by atoms with Crippen molar-refractivity contribution in [2.75, 3.05) is 13.2 Å². The Morgan fingerprint density at radius 1 is 1.23 bits per heavy atom. The van der Waals surface area contributed by atoms with E-state index in [9.17, 15) is 9.18 Å². The van der Waals surface area contributed by atoms with E-state index in [1.807, 2.05) is 17.5 Å². The third-order valence-corrected chi connectivity index (χ3v) is 4.12. The second kappa shape index (κ2) is 6.62. The molecule has 0 bridgehead atoms. The molecule has 1 aliphatic rings. The lowest BCUT2D eigenvalue weighted by molar-refractivity contribution is -0.122. The fourth-order valence-corrected chi connectivity index (χ4v) is 2.92. The number of benzene rings is 1. The quantitative estimate of drug-likeness (QED) is 0.942. The molecule has 0 fully saturated rings. The van der Waals surface area contributed by atoms with Crippen LogP contribution in [0.3, 0.4) is 0 Å². The third kappa shape index (κ3) is 3.28. The second-order valence-corrected chi connectivity index (χ2v) is 5.65. The van der Waals surface area contributed by atoms with Gasteiger partial charge in [0.15, 0.2) is 0 Å². The Bertz CT molecular complexity index is 667. The maximum atomic E-state index is 13.1. The third-order valence-electron chi connectivity index (χ3n) is 3.18. The number of rotatable bonds is 4. The van der Waals surface area contributed by atoms with Gasteiger partial charge in [0, 0.05) is 4.88 Å². The van der Waals surface area contributed by atoms with Crippen molar-refractivity contribution in [3.05, 3.63) is 70.1 Å². The number of hydrogen-bond donors (Lipinski definition) is 1. The number of carbonyl (C=O) groups excluding carboxylic acids is 1. The highest BCUT2D eigenvalue weighted by Crippen LogP contribution is 2.26. The molecule has 1 N–H and O–H groups in total. The first-order chi connectivity index (χ1) is 10.7. The van der Waals surface area contributed by atoms with Crippen molar-refractivity contribution >= 4 is 17.2 Å². The molecule has 2 heterocycles. The van der Waals surface area contributed by atoms with Gasteiger partial charge in [0.25, 0.3) is 5.91 Å². The van der Waals surface area contributed by atoms with Crippen LogP contribution in [0.4, 0.5) is 4.39 Å². The first kappa shape index (κ1) is 14.6. The van der Waals surface area contributed by atoms with Crippen LogP contribution in [-0.2, 0) is 14.3 Å². The van der Waals surface area contributed by atoms with Crippen LogP contribution in [0.2, 0.25) is 0 Å². The molecule has 114 valence electrons. The summed E-state index contributed by atoms with van der Waals surface area (Å²) in [6.45, 7) is 0.780. The minimum absolute atomic E-state index is 0.148. The van der Waals surface area contributed by atoms with E-state index >= 15 is 0 Å². The van der Waals surface area contributed by atoms with Gasteiger partial charge in [-0.15, -0.1) is 11.3 Å². The molecule has 1 unspecified atom stereocenters.